The zero-order valence-corrected chi connectivity index (χ0v) is 12.1. The lowest BCUT2D eigenvalue weighted by atomic mass is 10.0. The molecule has 0 amide bonds. The van der Waals surface area contributed by atoms with Gasteiger partial charge < -0.3 is 14.2 Å². The summed E-state index contributed by atoms with van der Waals surface area (Å²) < 4.78 is 17.4. The molecule has 108 valence electrons. The number of esters is 1. The second-order valence-electron chi connectivity index (χ2n) is 5.70. The van der Waals surface area contributed by atoms with Crippen molar-refractivity contribution in [3.8, 4) is 0 Å². The highest BCUT2D eigenvalue weighted by Gasteiger charge is 2.45. The number of rotatable bonds is 2. The maximum atomic E-state index is 11.8. The van der Waals surface area contributed by atoms with Crippen LogP contribution >= 0.6 is 0 Å². The Morgan fingerprint density at radius 1 is 1.37 bits per heavy atom. The van der Waals surface area contributed by atoms with Crippen molar-refractivity contribution in [1.82, 2.24) is 0 Å². The van der Waals surface area contributed by atoms with Crippen molar-refractivity contribution in [3.05, 3.63) is 12.2 Å². The first kappa shape index (κ1) is 14.5. The zero-order valence-electron chi connectivity index (χ0n) is 12.1. The number of ether oxygens (including phenoxy) is 3. The van der Waals surface area contributed by atoms with Crippen molar-refractivity contribution in [2.45, 2.75) is 77.0 Å². The summed E-state index contributed by atoms with van der Waals surface area (Å²) in [5, 5.41) is 0. The highest BCUT2D eigenvalue weighted by atomic mass is 16.8. The third-order valence-corrected chi connectivity index (χ3v) is 3.46. The van der Waals surface area contributed by atoms with Crippen LogP contribution in [0.5, 0.6) is 0 Å². The summed E-state index contributed by atoms with van der Waals surface area (Å²) in [6.45, 7) is 5.88. The van der Waals surface area contributed by atoms with E-state index in [1.165, 1.54) is 0 Å². The minimum absolute atomic E-state index is 0.124. The van der Waals surface area contributed by atoms with E-state index in [9.17, 15) is 4.79 Å². The number of carbonyl (C=O) groups excluding carboxylic acids is 1. The van der Waals surface area contributed by atoms with Crippen LogP contribution in [0.25, 0.3) is 0 Å². The van der Waals surface area contributed by atoms with Crippen LogP contribution in [0.4, 0.5) is 0 Å². The number of carbonyl (C=O) groups is 1. The van der Waals surface area contributed by atoms with Crippen molar-refractivity contribution in [2.75, 3.05) is 0 Å². The van der Waals surface area contributed by atoms with Crippen LogP contribution in [0.15, 0.2) is 12.2 Å². The Balaban J connectivity index is 2.19. The fraction of sp³-hybridized carbons (Fsp3) is 0.800. The molecule has 0 radical (unpaired) electrons. The second-order valence-corrected chi connectivity index (χ2v) is 5.70. The Hall–Kier alpha value is -0.870. The van der Waals surface area contributed by atoms with Crippen LogP contribution in [0, 0.1) is 0 Å². The molecule has 0 N–H and O–H groups in total. The summed E-state index contributed by atoms with van der Waals surface area (Å²) in [5.41, 5.74) is 0. The normalized spacial score (nSPS) is 36.4. The Bertz CT molecular complexity index is 348. The molecule has 4 nitrogen and oxygen atoms in total. The van der Waals surface area contributed by atoms with Gasteiger partial charge in [-0.25, -0.2) is 0 Å². The van der Waals surface area contributed by atoms with E-state index in [1.54, 1.807) is 0 Å². The Labute approximate surface area is 115 Å². The van der Waals surface area contributed by atoms with Crippen LogP contribution < -0.4 is 0 Å². The molecule has 3 atom stereocenters. The van der Waals surface area contributed by atoms with Gasteiger partial charge in [-0.15, -0.1) is 0 Å². The summed E-state index contributed by atoms with van der Waals surface area (Å²) in [7, 11) is 0. The predicted octanol–water partition coefficient (Wildman–Crippen LogP) is 2.96. The molecule has 2 aliphatic rings. The largest absolute Gasteiger partial charge is 0.459 e. The molecule has 0 unspecified atom stereocenters. The van der Waals surface area contributed by atoms with E-state index in [0.717, 1.165) is 25.7 Å². The highest BCUT2D eigenvalue weighted by molar-refractivity contribution is 5.69. The Kier molecular flexibility index (Phi) is 4.63. The van der Waals surface area contributed by atoms with Crippen LogP contribution in [-0.4, -0.2) is 30.1 Å². The molecule has 1 fully saturated rings. The summed E-state index contributed by atoms with van der Waals surface area (Å²) in [6.07, 6.45) is 7.54. The SMILES string of the molecule is CCC[C@H]1OC(=O)CCC/C=C/[C@@H]2OC(C)(C)O[C@@H]21. The average Bonchev–Trinajstić information content (AvgIpc) is 2.63. The molecule has 1 saturated heterocycles. The molecule has 0 aromatic rings. The van der Waals surface area contributed by atoms with Crippen molar-refractivity contribution in [1.29, 1.82) is 0 Å². The number of cyclic esters (lactones) is 1. The van der Waals surface area contributed by atoms with Gasteiger partial charge in [-0.3, -0.25) is 4.79 Å². The lowest BCUT2D eigenvalue weighted by molar-refractivity contribution is -0.171. The summed E-state index contributed by atoms with van der Waals surface area (Å²) >= 11 is 0. The minimum Gasteiger partial charge on any atom is -0.459 e. The van der Waals surface area contributed by atoms with Gasteiger partial charge in [-0.1, -0.05) is 25.5 Å². The molecule has 19 heavy (non-hydrogen) atoms. The first-order valence-electron chi connectivity index (χ1n) is 7.23. The second kappa shape index (κ2) is 6.06. The third-order valence-electron chi connectivity index (χ3n) is 3.46. The molecule has 2 rings (SSSR count). The Morgan fingerprint density at radius 2 is 2.16 bits per heavy atom. The van der Waals surface area contributed by atoms with E-state index in [4.69, 9.17) is 14.2 Å². The summed E-state index contributed by atoms with van der Waals surface area (Å²) in [4.78, 5) is 11.8. The smallest absolute Gasteiger partial charge is 0.306 e. The fourth-order valence-corrected chi connectivity index (χ4v) is 2.65. The van der Waals surface area contributed by atoms with E-state index in [0.29, 0.717) is 6.42 Å². The topological polar surface area (TPSA) is 44.8 Å². The molecule has 0 aromatic carbocycles. The van der Waals surface area contributed by atoms with Gasteiger partial charge in [0, 0.05) is 6.42 Å². The fourth-order valence-electron chi connectivity index (χ4n) is 2.65. The molecular formula is C15H24O4. The molecule has 0 aromatic heterocycles. The highest BCUT2D eigenvalue weighted by Crippen LogP contribution is 2.33. The van der Waals surface area contributed by atoms with Crippen LogP contribution in [0.1, 0.15) is 52.9 Å². The van der Waals surface area contributed by atoms with Gasteiger partial charge in [0.15, 0.2) is 5.79 Å². The average molecular weight is 268 g/mol. The van der Waals surface area contributed by atoms with E-state index >= 15 is 0 Å². The monoisotopic (exact) mass is 268 g/mol. The number of hydrogen-bond donors (Lipinski definition) is 0. The van der Waals surface area contributed by atoms with Crippen molar-refractivity contribution in [3.63, 3.8) is 0 Å². The molecular weight excluding hydrogens is 244 g/mol. The number of allylic oxidation sites excluding steroid dienone is 1. The standard InChI is InChI=1S/C15H24O4/c1-4-8-11-14-12(18-15(2,3)19-14)9-6-5-7-10-13(16)17-11/h6,9,11-12,14H,4-5,7-8,10H2,1-3H3/b9-6+/t11-,12+,14-/m1/s1. The van der Waals surface area contributed by atoms with Crippen LogP contribution in [0.2, 0.25) is 0 Å². The van der Waals surface area contributed by atoms with E-state index in [-0.39, 0.29) is 24.3 Å². The van der Waals surface area contributed by atoms with Gasteiger partial charge in [-0.2, -0.15) is 0 Å². The third kappa shape index (κ3) is 3.80. The van der Waals surface area contributed by atoms with E-state index in [2.05, 4.69) is 19.1 Å². The number of hydrogen-bond acceptors (Lipinski definition) is 4. The van der Waals surface area contributed by atoms with E-state index in [1.807, 2.05) is 13.8 Å². The molecule has 0 bridgehead atoms. The molecule has 4 heteroatoms. The van der Waals surface area contributed by atoms with Crippen molar-refractivity contribution in [2.24, 2.45) is 0 Å². The molecule has 0 aliphatic carbocycles. The zero-order chi connectivity index (χ0) is 13.9. The maximum absolute atomic E-state index is 11.8. The van der Waals surface area contributed by atoms with Gasteiger partial charge in [0.2, 0.25) is 0 Å². The lowest BCUT2D eigenvalue weighted by Crippen LogP contribution is -2.38. The molecule has 2 heterocycles. The molecule has 0 saturated carbocycles. The Morgan fingerprint density at radius 3 is 2.89 bits per heavy atom. The van der Waals surface area contributed by atoms with Gasteiger partial charge in [0.25, 0.3) is 0 Å². The summed E-state index contributed by atoms with van der Waals surface area (Å²) in [5.74, 6) is -0.743. The first-order valence-corrected chi connectivity index (χ1v) is 7.23. The predicted molar refractivity (Wildman–Crippen MR) is 71.6 cm³/mol. The lowest BCUT2D eigenvalue weighted by Gasteiger charge is -2.26. The molecule has 0 spiro atoms. The van der Waals surface area contributed by atoms with Gasteiger partial charge in [-0.05, 0) is 33.1 Å². The maximum Gasteiger partial charge on any atom is 0.306 e. The summed E-state index contributed by atoms with van der Waals surface area (Å²) in [6, 6.07) is 0. The van der Waals surface area contributed by atoms with Gasteiger partial charge >= 0.3 is 5.97 Å². The minimum atomic E-state index is -0.619. The first-order chi connectivity index (χ1) is 9.02. The molecule has 2 aliphatic heterocycles. The van der Waals surface area contributed by atoms with E-state index < -0.39 is 5.79 Å². The number of fused-ring (bicyclic) bond motifs is 1. The van der Waals surface area contributed by atoms with Crippen molar-refractivity contribution >= 4 is 5.97 Å². The van der Waals surface area contributed by atoms with Gasteiger partial charge in [0.05, 0.1) is 0 Å². The van der Waals surface area contributed by atoms with Crippen LogP contribution in [0.3, 0.4) is 0 Å². The van der Waals surface area contributed by atoms with Crippen LogP contribution in [-0.2, 0) is 19.0 Å². The quantitative estimate of drug-likeness (QED) is 0.570. The van der Waals surface area contributed by atoms with Crippen molar-refractivity contribution < 1.29 is 19.0 Å². The van der Waals surface area contributed by atoms with Gasteiger partial charge in [0.1, 0.15) is 18.3 Å².